The number of carbonyl (C=O) groups excluding carboxylic acids is 1. The van der Waals surface area contributed by atoms with Gasteiger partial charge < -0.3 is 10.4 Å². The SMILES string of the molecule is O=C(NCCCCO)c1ccc2ccccc2c1. The van der Waals surface area contributed by atoms with Crippen molar-refractivity contribution >= 4 is 16.7 Å². The number of rotatable bonds is 5. The number of aliphatic hydroxyl groups is 1. The Kier molecular flexibility index (Phi) is 4.31. The molecule has 0 saturated heterocycles. The molecule has 0 fully saturated rings. The largest absolute Gasteiger partial charge is 0.396 e. The van der Waals surface area contributed by atoms with Crippen LogP contribution in [-0.4, -0.2) is 24.2 Å². The predicted molar refractivity (Wildman–Crippen MR) is 72.6 cm³/mol. The highest BCUT2D eigenvalue weighted by Gasteiger charge is 2.05. The van der Waals surface area contributed by atoms with Crippen molar-refractivity contribution in [3.05, 3.63) is 48.0 Å². The zero-order valence-electron chi connectivity index (χ0n) is 10.2. The van der Waals surface area contributed by atoms with Gasteiger partial charge in [-0.05, 0) is 35.7 Å². The van der Waals surface area contributed by atoms with Crippen LogP contribution in [0.4, 0.5) is 0 Å². The molecule has 0 bridgehead atoms. The van der Waals surface area contributed by atoms with Crippen LogP contribution in [0.2, 0.25) is 0 Å². The maximum absolute atomic E-state index is 11.9. The summed E-state index contributed by atoms with van der Waals surface area (Å²) in [6, 6.07) is 13.7. The van der Waals surface area contributed by atoms with Crippen molar-refractivity contribution in [2.45, 2.75) is 12.8 Å². The highest BCUT2D eigenvalue weighted by molar-refractivity contribution is 5.98. The molecule has 2 aromatic carbocycles. The average Bonchev–Trinajstić information content (AvgIpc) is 2.43. The molecule has 0 aromatic heterocycles. The second kappa shape index (κ2) is 6.17. The molecule has 0 aliphatic carbocycles. The minimum atomic E-state index is -0.0568. The lowest BCUT2D eigenvalue weighted by atomic mass is 10.1. The molecule has 2 aromatic rings. The van der Waals surface area contributed by atoms with Crippen molar-refractivity contribution in [2.75, 3.05) is 13.2 Å². The third-order valence-corrected chi connectivity index (χ3v) is 2.88. The molecule has 0 aliphatic rings. The van der Waals surface area contributed by atoms with Gasteiger partial charge in [0.15, 0.2) is 0 Å². The van der Waals surface area contributed by atoms with E-state index in [-0.39, 0.29) is 12.5 Å². The Bertz CT molecular complexity index is 537. The number of fused-ring (bicyclic) bond motifs is 1. The highest BCUT2D eigenvalue weighted by atomic mass is 16.2. The van der Waals surface area contributed by atoms with Gasteiger partial charge in [-0.1, -0.05) is 30.3 Å². The first-order chi connectivity index (χ1) is 8.81. The van der Waals surface area contributed by atoms with Crippen LogP contribution >= 0.6 is 0 Å². The summed E-state index contributed by atoms with van der Waals surface area (Å²) >= 11 is 0. The summed E-state index contributed by atoms with van der Waals surface area (Å²) in [5, 5.41) is 13.7. The third-order valence-electron chi connectivity index (χ3n) is 2.88. The predicted octanol–water partition coefficient (Wildman–Crippen LogP) is 2.34. The molecule has 3 nitrogen and oxygen atoms in total. The summed E-state index contributed by atoms with van der Waals surface area (Å²) in [5.41, 5.74) is 0.678. The van der Waals surface area contributed by atoms with Gasteiger partial charge in [0, 0.05) is 18.7 Å². The number of hydrogen-bond donors (Lipinski definition) is 2. The lowest BCUT2D eigenvalue weighted by molar-refractivity contribution is 0.0952. The summed E-state index contributed by atoms with van der Waals surface area (Å²) in [6.07, 6.45) is 1.52. The molecule has 3 heteroatoms. The number of carbonyl (C=O) groups is 1. The van der Waals surface area contributed by atoms with Crippen LogP contribution in [0.15, 0.2) is 42.5 Å². The Morgan fingerprint density at radius 1 is 1.06 bits per heavy atom. The van der Waals surface area contributed by atoms with Gasteiger partial charge in [-0.25, -0.2) is 0 Å². The van der Waals surface area contributed by atoms with Crippen molar-refractivity contribution in [1.29, 1.82) is 0 Å². The first-order valence-electron chi connectivity index (χ1n) is 6.19. The molecule has 94 valence electrons. The summed E-state index contributed by atoms with van der Waals surface area (Å²) in [4.78, 5) is 11.9. The van der Waals surface area contributed by atoms with Gasteiger partial charge in [-0.15, -0.1) is 0 Å². The van der Waals surface area contributed by atoms with E-state index in [0.717, 1.165) is 23.6 Å². The van der Waals surface area contributed by atoms with Gasteiger partial charge in [-0.2, -0.15) is 0 Å². The molecule has 0 aliphatic heterocycles. The van der Waals surface area contributed by atoms with E-state index >= 15 is 0 Å². The standard InChI is InChI=1S/C15H17NO2/c17-10-4-3-9-16-15(18)14-8-7-12-5-1-2-6-13(12)11-14/h1-2,5-8,11,17H,3-4,9-10H2,(H,16,18). The van der Waals surface area contributed by atoms with Crippen molar-refractivity contribution in [3.8, 4) is 0 Å². The summed E-state index contributed by atoms with van der Waals surface area (Å²) < 4.78 is 0. The molecule has 0 atom stereocenters. The van der Waals surface area contributed by atoms with Gasteiger partial charge in [0.05, 0.1) is 0 Å². The first-order valence-corrected chi connectivity index (χ1v) is 6.19. The minimum absolute atomic E-state index is 0.0568. The van der Waals surface area contributed by atoms with Gasteiger partial charge in [0.25, 0.3) is 5.91 Å². The number of amides is 1. The lowest BCUT2D eigenvalue weighted by Crippen LogP contribution is -2.24. The van der Waals surface area contributed by atoms with E-state index in [1.807, 2.05) is 42.5 Å². The Balaban J connectivity index is 2.04. The Labute approximate surface area is 106 Å². The molecular formula is C15H17NO2. The molecule has 2 N–H and O–H groups in total. The van der Waals surface area contributed by atoms with Crippen LogP contribution in [0, 0.1) is 0 Å². The van der Waals surface area contributed by atoms with Gasteiger partial charge in [0.2, 0.25) is 0 Å². The zero-order chi connectivity index (χ0) is 12.8. The average molecular weight is 243 g/mol. The number of aliphatic hydroxyl groups excluding tert-OH is 1. The van der Waals surface area contributed by atoms with Crippen LogP contribution in [-0.2, 0) is 0 Å². The van der Waals surface area contributed by atoms with Crippen molar-refractivity contribution in [2.24, 2.45) is 0 Å². The Morgan fingerprint density at radius 2 is 1.83 bits per heavy atom. The summed E-state index contributed by atoms with van der Waals surface area (Å²) in [5.74, 6) is -0.0568. The normalized spacial score (nSPS) is 10.5. The van der Waals surface area contributed by atoms with Crippen LogP contribution < -0.4 is 5.32 Å². The van der Waals surface area contributed by atoms with E-state index in [4.69, 9.17) is 5.11 Å². The van der Waals surface area contributed by atoms with Crippen molar-refractivity contribution < 1.29 is 9.90 Å². The molecule has 0 heterocycles. The van der Waals surface area contributed by atoms with E-state index in [2.05, 4.69) is 5.32 Å². The second-order valence-electron chi connectivity index (χ2n) is 4.25. The van der Waals surface area contributed by atoms with Gasteiger partial charge in [0.1, 0.15) is 0 Å². The zero-order valence-corrected chi connectivity index (χ0v) is 10.2. The lowest BCUT2D eigenvalue weighted by Gasteiger charge is -2.05. The Morgan fingerprint density at radius 3 is 2.61 bits per heavy atom. The fraction of sp³-hybridized carbons (Fsp3) is 0.267. The molecule has 18 heavy (non-hydrogen) atoms. The van der Waals surface area contributed by atoms with E-state index < -0.39 is 0 Å². The molecule has 0 saturated carbocycles. The van der Waals surface area contributed by atoms with Gasteiger partial charge >= 0.3 is 0 Å². The second-order valence-corrected chi connectivity index (χ2v) is 4.25. The molecule has 0 unspecified atom stereocenters. The number of benzene rings is 2. The van der Waals surface area contributed by atoms with Crippen LogP contribution in [0.1, 0.15) is 23.2 Å². The quantitative estimate of drug-likeness (QED) is 0.792. The molecule has 0 radical (unpaired) electrons. The molecule has 2 rings (SSSR count). The first kappa shape index (κ1) is 12.6. The number of hydrogen-bond acceptors (Lipinski definition) is 2. The minimum Gasteiger partial charge on any atom is -0.396 e. The monoisotopic (exact) mass is 243 g/mol. The van der Waals surface area contributed by atoms with Crippen molar-refractivity contribution in [1.82, 2.24) is 5.32 Å². The fourth-order valence-electron chi connectivity index (χ4n) is 1.87. The number of unbranched alkanes of at least 4 members (excludes halogenated alkanes) is 1. The van der Waals surface area contributed by atoms with E-state index in [0.29, 0.717) is 12.1 Å². The highest BCUT2D eigenvalue weighted by Crippen LogP contribution is 2.15. The van der Waals surface area contributed by atoms with Crippen molar-refractivity contribution in [3.63, 3.8) is 0 Å². The van der Waals surface area contributed by atoms with E-state index in [9.17, 15) is 4.79 Å². The topological polar surface area (TPSA) is 49.3 Å². The number of nitrogens with one attached hydrogen (secondary N) is 1. The van der Waals surface area contributed by atoms with Gasteiger partial charge in [-0.3, -0.25) is 4.79 Å². The van der Waals surface area contributed by atoms with Crippen LogP contribution in [0.5, 0.6) is 0 Å². The maximum Gasteiger partial charge on any atom is 0.251 e. The third kappa shape index (κ3) is 3.08. The molecular weight excluding hydrogens is 226 g/mol. The molecule has 1 amide bonds. The van der Waals surface area contributed by atoms with Crippen LogP contribution in [0.3, 0.4) is 0 Å². The van der Waals surface area contributed by atoms with E-state index in [1.54, 1.807) is 0 Å². The van der Waals surface area contributed by atoms with Crippen LogP contribution in [0.25, 0.3) is 10.8 Å². The Hall–Kier alpha value is -1.87. The maximum atomic E-state index is 11.9. The molecule has 0 spiro atoms. The summed E-state index contributed by atoms with van der Waals surface area (Å²) in [6.45, 7) is 0.776. The van der Waals surface area contributed by atoms with E-state index in [1.165, 1.54) is 0 Å². The fourth-order valence-corrected chi connectivity index (χ4v) is 1.87. The smallest absolute Gasteiger partial charge is 0.251 e. The summed E-state index contributed by atoms with van der Waals surface area (Å²) in [7, 11) is 0.